The molecule has 1 aromatic carbocycles. The number of nitrogens with one attached hydrogen (secondary N) is 2. The average Bonchev–Trinajstić information content (AvgIpc) is 2.81. The van der Waals surface area contributed by atoms with E-state index in [0.717, 1.165) is 42.4 Å². The largest absolute Gasteiger partial charge is 0.477 e. The predicted molar refractivity (Wildman–Crippen MR) is 75.1 cm³/mol. The second-order valence-corrected chi connectivity index (χ2v) is 5.31. The zero-order valence-corrected chi connectivity index (χ0v) is 11.1. The van der Waals surface area contributed by atoms with Gasteiger partial charge in [0, 0.05) is 5.39 Å². The van der Waals surface area contributed by atoms with Gasteiger partial charge >= 0.3 is 5.97 Å². The molecule has 19 heavy (non-hydrogen) atoms. The summed E-state index contributed by atoms with van der Waals surface area (Å²) < 4.78 is 0. The van der Waals surface area contributed by atoms with Gasteiger partial charge in [-0.1, -0.05) is 23.7 Å². The summed E-state index contributed by atoms with van der Waals surface area (Å²) in [5.74, 6) is -0.639. The van der Waals surface area contributed by atoms with E-state index in [1.165, 1.54) is 0 Å². The predicted octanol–water partition coefficient (Wildman–Crippen LogP) is 2.99. The molecule has 2 heterocycles. The van der Waals surface area contributed by atoms with Crippen molar-refractivity contribution in [3.8, 4) is 0 Å². The molecule has 1 aliphatic rings. The van der Waals surface area contributed by atoms with E-state index in [1.54, 1.807) is 6.07 Å². The van der Waals surface area contributed by atoms with Crippen LogP contribution in [0.3, 0.4) is 0 Å². The Balaban J connectivity index is 2.21. The van der Waals surface area contributed by atoms with Gasteiger partial charge in [-0.2, -0.15) is 0 Å². The van der Waals surface area contributed by atoms with E-state index >= 15 is 0 Å². The minimum Gasteiger partial charge on any atom is -0.477 e. The number of para-hydroxylation sites is 1. The molecule has 0 spiro atoms. The number of aromatic amines is 1. The SMILES string of the molecule is O=C(O)c1[nH]c2c(Cl)cccc2c1C1CCNCC1. The highest BCUT2D eigenvalue weighted by Crippen LogP contribution is 2.36. The van der Waals surface area contributed by atoms with Crippen molar-refractivity contribution < 1.29 is 9.90 Å². The van der Waals surface area contributed by atoms with Crippen molar-refractivity contribution in [1.82, 2.24) is 10.3 Å². The summed E-state index contributed by atoms with van der Waals surface area (Å²) in [6.07, 6.45) is 1.92. The molecule has 0 aliphatic carbocycles. The van der Waals surface area contributed by atoms with Crippen LogP contribution in [0.25, 0.3) is 10.9 Å². The summed E-state index contributed by atoms with van der Waals surface area (Å²) in [5, 5.41) is 14.2. The summed E-state index contributed by atoms with van der Waals surface area (Å²) in [5.41, 5.74) is 1.93. The lowest BCUT2D eigenvalue weighted by atomic mass is 9.88. The van der Waals surface area contributed by atoms with E-state index in [0.29, 0.717) is 5.02 Å². The Hall–Kier alpha value is -1.52. The van der Waals surface area contributed by atoms with Crippen molar-refractivity contribution in [2.24, 2.45) is 0 Å². The minimum absolute atomic E-state index is 0.277. The first-order chi connectivity index (χ1) is 9.18. The van der Waals surface area contributed by atoms with Gasteiger partial charge in [0.15, 0.2) is 0 Å². The van der Waals surface area contributed by atoms with Crippen molar-refractivity contribution in [1.29, 1.82) is 0 Å². The van der Waals surface area contributed by atoms with Crippen molar-refractivity contribution >= 4 is 28.5 Å². The Morgan fingerprint density at radius 2 is 2.05 bits per heavy atom. The maximum absolute atomic E-state index is 11.5. The number of aromatic carboxylic acids is 1. The lowest BCUT2D eigenvalue weighted by Gasteiger charge is -2.23. The van der Waals surface area contributed by atoms with Crippen molar-refractivity contribution in [2.45, 2.75) is 18.8 Å². The summed E-state index contributed by atoms with van der Waals surface area (Å²) in [6.45, 7) is 1.86. The first-order valence-electron chi connectivity index (χ1n) is 6.42. The van der Waals surface area contributed by atoms with E-state index in [-0.39, 0.29) is 11.6 Å². The molecule has 1 aromatic heterocycles. The third kappa shape index (κ3) is 2.11. The summed E-state index contributed by atoms with van der Waals surface area (Å²) in [6, 6.07) is 5.59. The quantitative estimate of drug-likeness (QED) is 0.791. The zero-order chi connectivity index (χ0) is 13.4. The van der Waals surface area contributed by atoms with Crippen LogP contribution in [0, 0.1) is 0 Å². The molecule has 0 saturated carbocycles. The van der Waals surface area contributed by atoms with Gasteiger partial charge in [0.05, 0.1) is 10.5 Å². The summed E-state index contributed by atoms with van der Waals surface area (Å²) >= 11 is 6.15. The highest BCUT2D eigenvalue weighted by Gasteiger charge is 2.26. The fourth-order valence-electron chi connectivity index (χ4n) is 2.91. The summed E-state index contributed by atoms with van der Waals surface area (Å²) in [7, 11) is 0. The van der Waals surface area contributed by atoms with Crippen LogP contribution in [0.4, 0.5) is 0 Å². The van der Waals surface area contributed by atoms with Crippen LogP contribution < -0.4 is 5.32 Å². The normalized spacial score (nSPS) is 16.9. The second kappa shape index (κ2) is 4.87. The highest BCUT2D eigenvalue weighted by molar-refractivity contribution is 6.35. The topological polar surface area (TPSA) is 65.1 Å². The van der Waals surface area contributed by atoms with Gasteiger partial charge in [-0.25, -0.2) is 4.79 Å². The van der Waals surface area contributed by atoms with Gasteiger partial charge < -0.3 is 15.4 Å². The smallest absolute Gasteiger partial charge is 0.352 e. The van der Waals surface area contributed by atoms with Crippen LogP contribution in [0.1, 0.15) is 34.8 Å². The molecule has 0 amide bonds. The van der Waals surface area contributed by atoms with Gasteiger partial charge in [0.1, 0.15) is 5.69 Å². The number of piperidine rings is 1. The fraction of sp³-hybridized carbons (Fsp3) is 0.357. The first kappa shape index (κ1) is 12.5. The molecule has 1 fully saturated rings. The van der Waals surface area contributed by atoms with Gasteiger partial charge in [0.2, 0.25) is 0 Å². The van der Waals surface area contributed by atoms with E-state index < -0.39 is 5.97 Å². The van der Waals surface area contributed by atoms with Gasteiger partial charge in [-0.3, -0.25) is 0 Å². The maximum atomic E-state index is 11.5. The number of carboxylic acids is 1. The molecule has 1 saturated heterocycles. The molecule has 0 bridgehead atoms. The number of H-pyrrole nitrogens is 1. The molecule has 3 N–H and O–H groups in total. The highest BCUT2D eigenvalue weighted by atomic mass is 35.5. The van der Waals surface area contributed by atoms with Gasteiger partial charge in [-0.05, 0) is 43.5 Å². The Morgan fingerprint density at radius 1 is 1.32 bits per heavy atom. The van der Waals surface area contributed by atoms with Crippen molar-refractivity contribution in [2.75, 3.05) is 13.1 Å². The van der Waals surface area contributed by atoms with Crippen LogP contribution >= 0.6 is 11.6 Å². The molecule has 3 rings (SSSR count). The van der Waals surface area contributed by atoms with E-state index in [9.17, 15) is 9.90 Å². The van der Waals surface area contributed by atoms with Crippen molar-refractivity contribution in [3.63, 3.8) is 0 Å². The molecule has 100 valence electrons. The average molecular weight is 279 g/mol. The first-order valence-corrected chi connectivity index (χ1v) is 6.80. The van der Waals surface area contributed by atoms with Gasteiger partial charge in [0.25, 0.3) is 0 Å². The number of hydrogen-bond donors (Lipinski definition) is 3. The van der Waals surface area contributed by atoms with E-state index in [1.807, 2.05) is 12.1 Å². The van der Waals surface area contributed by atoms with Crippen LogP contribution in [-0.2, 0) is 0 Å². The molecule has 0 unspecified atom stereocenters. The minimum atomic E-state index is -0.916. The molecule has 0 atom stereocenters. The Kier molecular flexibility index (Phi) is 3.21. The molecule has 0 radical (unpaired) electrons. The lowest BCUT2D eigenvalue weighted by molar-refractivity contribution is 0.0689. The number of carbonyl (C=O) groups is 1. The Bertz CT molecular complexity index is 630. The van der Waals surface area contributed by atoms with Crippen LogP contribution in [-0.4, -0.2) is 29.1 Å². The fourth-order valence-corrected chi connectivity index (χ4v) is 3.13. The third-order valence-electron chi connectivity index (χ3n) is 3.78. The number of hydrogen-bond acceptors (Lipinski definition) is 2. The van der Waals surface area contributed by atoms with E-state index in [4.69, 9.17) is 11.6 Å². The maximum Gasteiger partial charge on any atom is 0.352 e. The van der Waals surface area contributed by atoms with Crippen LogP contribution in [0.2, 0.25) is 5.02 Å². The number of fused-ring (bicyclic) bond motifs is 1. The molecule has 1 aliphatic heterocycles. The number of carboxylic acid groups (broad SMARTS) is 1. The van der Waals surface area contributed by atoms with Crippen molar-refractivity contribution in [3.05, 3.63) is 34.5 Å². The Labute approximate surface area is 115 Å². The number of aromatic nitrogens is 1. The van der Waals surface area contributed by atoms with Crippen LogP contribution in [0.15, 0.2) is 18.2 Å². The molecule has 4 nitrogen and oxygen atoms in total. The summed E-state index contributed by atoms with van der Waals surface area (Å²) in [4.78, 5) is 14.4. The zero-order valence-electron chi connectivity index (χ0n) is 10.4. The number of halogens is 1. The third-order valence-corrected chi connectivity index (χ3v) is 4.10. The molecular formula is C14H15ClN2O2. The molecule has 5 heteroatoms. The monoisotopic (exact) mass is 278 g/mol. The molecule has 2 aromatic rings. The lowest BCUT2D eigenvalue weighted by Crippen LogP contribution is -2.27. The molecular weight excluding hydrogens is 264 g/mol. The number of rotatable bonds is 2. The van der Waals surface area contributed by atoms with Crippen LogP contribution in [0.5, 0.6) is 0 Å². The number of benzene rings is 1. The van der Waals surface area contributed by atoms with Gasteiger partial charge in [-0.15, -0.1) is 0 Å². The second-order valence-electron chi connectivity index (χ2n) is 4.91. The Morgan fingerprint density at radius 3 is 2.74 bits per heavy atom. The van der Waals surface area contributed by atoms with E-state index in [2.05, 4.69) is 10.3 Å². The standard InChI is InChI=1S/C14H15ClN2O2/c15-10-3-1-2-9-11(8-4-6-16-7-5-8)13(14(18)19)17-12(9)10/h1-3,8,16-17H,4-7H2,(H,18,19).